The van der Waals surface area contributed by atoms with E-state index in [1.54, 1.807) is 29.3 Å². The average Bonchev–Trinajstić information content (AvgIpc) is 3.23. The summed E-state index contributed by atoms with van der Waals surface area (Å²) in [5, 5.41) is 5.29. The lowest BCUT2D eigenvalue weighted by Crippen LogP contribution is -2.48. The minimum atomic E-state index is -1.48. The molecule has 0 spiro atoms. The number of nitrogens with zero attached hydrogens (tertiary/aromatic N) is 5. The quantitative estimate of drug-likeness (QED) is 0.822. The largest absolute Gasteiger partial charge is 0.364 e. The number of rotatable bonds is 4. The summed E-state index contributed by atoms with van der Waals surface area (Å²) in [6, 6.07) is 7.02. The number of nitrogens with two attached hydrogens (primary N) is 1. The minimum absolute atomic E-state index is 0.0349. The molecule has 1 aromatic heterocycles. The molecule has 3 heterocycles. The van der Waals surface area contributed by atoms with Gasteiger partial charge in [-0.25, -0.2) is 23.8 Å². The van der Waals surface area contributed by atoms with Crippen molar-refractivity contribution in [3.8, 4) is 0 Å². The van der Waals surface area contributed by atoms with Crippen LogP contribution in [-0.2, 0) is 4.79 Å². The van der Waals surface area contributed by atoms with Crippen molar-refractivity contribution >= 4 is 23.8 Å². The SMILES string of the molecule is NC(=O)c1cc(N2CC[C@H](C(=O)N3N=CC[C@@H]3c3ccccc3F)[C@H](F)C2)ncn1. The van der Waals surface area contributed by atoms with E-state index < -0.39 is 35.8 Å². The van der Waals surface area contributed by atoms with Crippen LogP contribution in [0.15, 0.2) is 41.8 Å². The molecule has 3 atom stereocenters. The molecule has 156 valence electrons. The van der Waals surface area contributed by atoms with Crippen molar-refractivity contribution in [1.29, 1.82) is 0 Å². The summed E-state index contributed by atoms with van der Waals surface area (Å²) in [6.07, 6.45) is 1.86. The van der Waals surface area contributed by atoms with Crippen molar-refractivity contribution in [2.45, 2.75) is 25.1 Å². The Labute approximate surface area is 171 Å². The summed E-state index contributed by atoms with van der Waals surface area (Å²) < 4.78 is 29.2. The summed E-state index contributed by atoms with van der Waals surface area (Å²) >= 11 is 0. The van der Waals surface area contributed by atoms with Crippen LogP contribution in [0.25, 0.3) is 0 Å². The van der Waals surface area contributed by atoms with Crippen molar-refractivity contribution < 1.29 is 18.4 Å². The molecule has 2 amide bonds. The Kier molecular flexibility index (Phi) is 5.39. The number of aromatic nitrogens is 2. The maximum absolute atomic E-state index is 15.0. The molecule has 30 heavy (non-hydrogen) atoms. The van der Waals surface area contributed by atoms with Gasteiger partial charge in [0.15, 0.2) is 0 Å². The van der Waals surface area contributed by atoms with Gasteiger partial charge in [0.2, 0.25) is 5.91 Å². The molecule has 1 fully saturated rings. The molecule has 0 aliphatic carbocycles. The van der Waals surface area contributed by atoms with Gasteiger partial charge in [-0.15, -0.1) is 0 Å². The molecule has 0 unspecified atom stereocenters. The van der Waals surface area contributed by atoms with Crippen molar-refractivity contribution in [2.75, 3.05) is 18.0 Å². The van der Waals surface area contributed by atoms with Crippen molar-refractivity contribution in [3.63, 3.8) is 0 Å². The van der Waals surface area contributed by atoms with Crippen molar-refractivity contribution in [3.05, 3.63) is 53.7 Å². The summed E-state index contributed by atoms with van der Waals surface area (Å²) in [5.74, 6) is -2.12. The first kappa shape index (κ1) is 19.9. The number of hydrogen-bond acceptors (Lipinski definition) is 6. The van der Waals surface area contributed by atoms with E-state index in [0.717, 1.165) is 0 Å². The minimum Gasteiger partial charge on any atom is -0.364 e. The number of hydrazone groups is 1. The van der Waals surface area contributed by atoms with Crippen LogP contribution in [0.2, 0.25) is 0 Å². The van der Waals surface area contributed by atoms with Crippen molar-refractivity contribution in [1.82, 2.24) is 15.0 Å². The number of primary amides is 1. The molecule has 1 saturated heterocycles. The van der Waals surface area contributed by atoms with E-state index in [2.05, 4.69) is 15.1 Å². The molecule has 2 aromatic rings. The second kappa shape index (κ2) is 8.13. The predicted molar refractivity (Wildman–Crippen MR) is 105 cm³/mol. The van der Waals surface area contributed by atoms with Gasteiger partial charge in [-0.2, -0.15) is 5.10 Å². The molecular formula is C20H20F2N6O2. The van der Waals surface area contributed by atoms with E-state index in [1.165, 1.54) is 23.5 Å². The van der Waals surface area contributed by atoms with Crippen molar-refractivity contribution in [2.24, 2.45) is 16.8 Å². The molecule has 2 aliphatic heterocycles. The zero-order valence-corrected chi connectivity index (χ0v) is 16.0. The molecule has 1 aromatic carbocycles. The van der Waals surface area contributed by atoms with Crippen LogP contribution < -0.4 is 10.6 Å². The lowest BCUT2D eigenvalue weighted by molar-refractivity contribution is -0.140. The molecule has 0 saturated carbocycles. The van der Waals surface area contributed by atoms with Crippen LogP contribution in [0, 0.1) is 11.7 Å². The highest BCUT2D eigenvalue weighted by Crippen LogP contribution is 2.34. The Hall–Kier alpha value is -3.43. The Morgan fingerprint density at radius 1 is 1.20 bits per heavy atom. The maximum Gasteiger partial charge on any atom is 0.267 e. The highest BCUT2D eigenvalue weighted by molar-refractivity contribution is 5.91. The number of carbonyl (C=O) groups excluding carboxylic acids is 2. The second-order valence-corrected chi connectivity index (χ2v) is 7.24. The van der Waals surface area contributed by atoms with Crippen LogP contribution in [0.1, 0.15) is 34.9 Å². The molecule has 0 radical (unpaired) electrons. The summed E-state index contributed by atoms with van der Waals surface area (Å²) in [6.45, 7) is 0.279. The number of carbonyl (C=O) groups is 2. The van der Waals surface area contributed by atoms with Gasteiger partial charge >= 0.3 is 0 Å². The van der Waals surface area contributed by atoms with Gasteiger partial charge in [0.25, 0.3) is 5.91 Å². The molecule has 2 aliphatic rings. The zero-order chi connectivity index (χ0) is 21.3. The first-order valence-electron chi connectivity index (χ1n) is 9.56. The lowest BCUT2D eigenvalue weighted by Gasteiger charge is -2.36. The molecule has 4 rings (SSSR count). The predicted octanol–water partition coefficient (Wildman–Crippen LogP) is 1.84. The second-order valence-electron chi connectivity index (χ2n) is 7.24. The third-order valence-corrected chi connectivity index (χ3v) is 5.41. The first-order valence-corrected chi connectivity index (χ1v) is 9.56. The van der Waals surface area contributed by atoms with Gasteiger partial charge in [0.05, 0.1) is 18.5 Å². The van der Waals surface area contributed by atoms with E-state index >= 15 is 4.39 Å². The smallest absolute Gasteiger partial charge is 0.267 e. The maximum atomic E-state index is 15.0. The number of benzene rings is 1. The molecule has 8 nitrogen and oxygen atoms in total. The van der Waals surface area contributed by atoms with E-state index in [0.29, 0.717) is 24.3 Å². The number of alkyl halides is 1. The Morgan fingerprint density at radius 3 is 2.73 bits per heavy atom. The third kappa shape index (κ3) is 3.72. The van der Waals surface area contributed by atoms with Crippen LogP contribution in [0.5, 0.6) is 0 Å². The van der Waals surface area contributed by atoms with Gasteiger partial charge in [0, 0.05) is 30.8 Å². The number of piperidine rings is 1. The van der Waals surface area contributed by atoms with Gasteiger partial charge < -0.3 is 10.6 Å². The topological polar surface area (TPSA) is 105 Å². The standard InChI is InChI=1S/C20H20F2N6O2/c21-14-4-2-1-3-12(14)17-5-7-26-28(17)20(30)13-6-8-27(10-15(13)22)18-9-16(19(23)29)24-11-25-18/h1-4,7,9,11,13,15,17H,5-6,8,10H2,(H2,23,29)/t13-,15+,17+/m0/s1. The van der Waals surface area contributed by atoms with Gasteiger partial charge in [-0.1, -0.05) is 18.2 Å². The average molecular weight is 414 g/mol. The monoisotopic (exact) mass is 414 g/mol. The van der Waals surface area contributed by atoms with E-state index in [-0.39, 0.29) is 18.7 Å². The highest BCUT2D eigenvalue weighted by atomic mass is 19.1. The number of anilines is 1. The Bertz CT molecular complexity index is 1000. The Morgan fingerprint density at radius 2 is 2.00 bits per heavy atom. The summed E-state index contributed by atoms with van der Waals surface area (Å²) in [4.78, 5) is 33.8. The fourth-order valence-corrected chi connectivity index (χ4v) is 3.85. The van der Waals surface area contributed by atoms with Gasteiger partial charge in [0.1, 0.15) is 29.8 Å². The highest BCUT2D eigenvalue weighted by Gasteiger charge is 2.41. The van der Waals surface area contributed by atoms with E-state index in [4.69, 9.17) is 5.73 Å². The van der Waals surface area contributed by atoms with Crippen LogP contribution in [-0.4, -0.2) is 52.3 Å². The number of amides is 2. The van der Waals surface area contributed by atoms with Gasteiger partial charge in [-0.3, -0.25) is 9.59 Å². The van der Waals surface area contributed by atoms with E-state index in [1.807, 2.05) is 0 Å². The third-order valence-electron chi connectivity index (χ3n) is 5.41. The normalized spacial score (nSPS) is 23.6. The fourth-order valence-electron chi connectivity index (χ4n) is 3.85. The Balaban J connectivity index is 1.47. The number of halogens is 2. The molecule has 10 heteroatoms. The van der Waals surface area contributed by atoms with Crippen LogP contribution in [0.4, 0.5) is 14.6 Å². The number of hydrogen-bond donors (Lipinski definition) is 1. The van der Waals surface area contributed by atoms with Crippen LogP contribution >= 0.6 is 0 Å². The summed E-state index contributed by atoms with van der Waals surface area (Å²) in [7, 11) is 0. The molecule has 0 bridgehead atoms. The van der Waals surface area contributed by atoms with Crippen LogP contribution in [0.3, 0.4) is 0 Å². The summed E-state index contributed by atoms with van der Waals surface area (Å²) in [5.41, 5.74) is 5.62. The fraction of sp³-hybridized carbons (Fsp3) is 0.350. The van der Waals surface area contributed by atoms with Gasteiger partial charge in [-0.05, 0) is 12.5 Å². The van der Waals surface area contributed by atoms with E-state index in [9.17, 15) is 14.0 Å². The molecule has 2 N–H and O–H groups in total. The lowest BCUT2D eigenvalue weighted by atomic mass is 9.92. The molecular weight excluding hydrogens is 394 g/mol. The first-order chi connectivity index (χ1) is 14.5. The zero-order valence-electron chi connectivity index (χ0n) is 16.0.